The van der Waals surface area contributed by atoms with Crippen LogP contribution in [0.1, 0.15) is 31.3 Å². The van der Waals surface area contributed by atoms with Gasteiger partial charge in [0.15, 0.2) is 0 Å². The Labute approximate surface area is 107 Å². The highest BCUT2D eigenvalue weighted by Crippen LogP contribution is 2.22. The van der Waals surface area contributed by atoms with E-state index in [-0.39, 0.29) is 0 Å². The van der Waals surface area contributed by atoms with E-state index in [1.54, 1.807) is 7.11 Å². The standard InChI is InChI=1S/C14H17N3O/c1-10(2)17-13-5-4-11(9-15)8-12(13)16-14(17)6-7-18-3/h4-5,8,10H,6-7H2,1-3H3. The number of nitrogens with zero attached hydrogens (tertiary/aromatic N) is 3. The van der Waals surface area contributed by atoms with E-state index in [2.05, 4.69) is 29.5 Å². The summed E-state index contributed by atoms with van der Waals surface area (Å²) in [6.45, 7) is 4.92. The molecule has 0 fully saturated rings. The zero-order chi connectivity index (χ0) is 13.1. The molecule has 0 aliphatic heterocycles. The van der Waals surface area contributed by atoms with Crippen molar-refractivity contribution in [2.24, 2.45) is 0 Å². The molecule has 4 heteroatoms. The average Bonchev–Trinajstić information content (AvgIpc) is 2.73. The fraction of sp³-hybridized carbons (Fsp3) is 0.429. The summed E-state index contributed by atoms with van der Waals surface area (Å²) in [6, 6.07) is 8.13. The van der Waals surface area contributed by atoms with E-state index in [1.807, 2.05) is 18.2 Å². The molecule has 0 unspecified atom stereocenters. The summed E-state index contributed by atoms with van der Waals surface area (Å²) in [4.78, 5) is 4.61. The molecule has 0 radical (unpaired) electrons. The summed E-state index contributed by atoms with van der Waals surface area (Å²) in [6.07, 6.45) is 0.783. The molecular weight excluding hydrogens is 226 g/mol. The van der Waals surface area contributed by atoms with Crippen LogP contribution < -0.4 is 0 Å². The first-order chi connectivity index (χ1) is 8.67. The Kier molecular flexibility index (Phi) is 3.63. The van der Waals surface area contributed by atoms with Crippen LogP contribution in [0.15, 0.2) is 18.2 Å². The maximum absolute atomic E-state index is 8.92. The van der Waals surface area contributed by atoms with Crippen LogP contribution in [-0.2, 0) is 11.2 Å². The van der Waals surface area contributed by atoms with Crippen LogP contribution in [-0.4, -0.2) is 23.3 Å². The molecule has 94 valence electrons. The zero-order valence-corrected chi connectivity index (χ0v) is 11.0. The number of aromatic nitrogens is 2. The molecule has 1 aromatic heterocycles. The van der Waals surface area contributed by atoms with Crippen LogP contribution in [0, 0.1) is 11.3 Å². The molecule has 4 nitrogen and oxygen atoms in total. The molecule has 18 heavy (non-hydrogen) atoms. The van der Waals surface area contributed by atoms with Crippen molar-refractivity contribution in [3.8, 4) is 6.07 Å². The number of imidazole rings is 1. The van der Waals surface area contributed by atoms with Gasteiger partial charge in [-0.05, 0) is 32.0 Å². The number of benzene rings is 1. The van der Waals surface area contributed by atoms with E-state index < -0.39 is 0 Å². The first kappa shape index (κ1) is 12.6. The van der Waals surface area contributed by atoms with Gasteiger partial charge in [-0.3, -0.25) is 0 Å². The molecule has 0 saturated carbocycles. The van der Waals surface area contributed by atoms with E-state index >= 15 is 0 Å². The van der Waals surface area contributed by atoms with Gasteiger partial charge in [0.2, 0.25) is 0 Å². The van der Waals surface area contributed by atoms with Crippen LogP contribution in [0.2, 0.25) is 0 Å². The third kappa shape index (κ3) is 2.22. The normalized spacial score (nSPS) is 11.1. The lowest BCUT2D eigenvalue weighted by atomic mass is 10.2. The summed E-state index contributed by atoms with van der Waals surface area (Å²) in [5.41, 5.74) is 2.61. The second kappa shape index (κ2) is 5.19. The van der Waals surface area contributed by atoms with Crippen LogP contribution in [0.25, 0.3) is 11.0 Å². The Morgan fingerprint density at radius 1 is 1.44 bits per heavy atom. The van der Waals surface area contributed by atoms with Crippen LogP contribution in [0.4, 0.5) is 0 Å². The van der Waals surface area contributed by atoms with E-state index in [1.165, 1.54) is 0 Å². The number of fused-ring (bicyclic) bond motifs is 1. The van der Waals surface area contributed by atoms with E-state index in [9.17, 15) is 0 Å². The summed E-state index contributed by atoms with van der Waals surface area (Å²) in [5, 5.41) is 8.92. The lowest BCUT2D eigenvalue weighted by Gasteiger charge is -2.12. The van der Waals surface area contributed by atoms with Gasteiger partial charge in [-0.15, -0.1) is 0 Å². The van der Waals surface area contributed by atoms with E-state index in [0.29, 0.717) is 18.2 Å². The maximum atomic E-state index is 8.92. The molecule has 0 N–H and O–H groups in total. The Bertz CT molecular complexity index is 593. The molecule has 2 rings (SSSR count). The van der Waals surface area contributed by atoms with Gasteiger partial charge in [0.1, 0.15) is 5.82 Å². The van der Waals surface area contributed by atoms with Gasteiger partial charge in [0.05, 0.1) is 29.3 Å². The van der Waals surface area contributed by atoms with Crippen molar-refractivity contribution >= 4 is 11.0 Å². The van der Waals surface area contributed by atoms with Crippen molar-refractivity contribution in [2.45, 2.75) is 26.3 Å². The van der Waals surface area contributed by atoms with E-state index in [0.717, 1.165) is 23.3 Å². The van der Waals surface area contributed by atoms with Crippen molar-refractivity contribution in [2.75, 3.05) is 13.7 Å². The third-order valence-corrected chi connectivity index (χ3v) is 2.94. The van der Waals surface area contributed by atoms with Crippen molar-refractivity contribution in [3.63, 3.8) is 0 Å². The van der Waals surface area contributed by atoms with Gasteiger partial charge in [0, 0.05) is 19.6 Å². The average molecular weight is 243 g/mol. The minimum Gasteiger partial charge on any atom is -0.384 e. The molecule has 0 amide bonds. The smallest absolute Gasteiger partial charge is 0.112 e. The highest BCUT2D eigenvalue weighted by atomic mass is 16.5. The van der Waals surface area contributed by atoms with Crippen molar-refractivity contribution < 1.29 is 4.74 Å². The van der Waals surface area contributed by atoms with Gasteiger partial charge in [-0.25, -0.2) is 4.98 Å². The summed E-state index contributed by atoms with van der Waals surface area (Å²) in [7, 11) is 1.69. The number of ether oxygens (including phenoxy) is 1. The fourth-order valence-electron chi connectivity index (χ4n) is 2.16. The minimum atomic E-state index is 0.342. The molecule has 0 saturated heterocycles. The molecule has 0 aliphatic carbocycles. The molecule has 0 bridgehead atoms. The highest BCUT2D eigenvalue weighted by Gasteiger charge is 2.13. The second-order valence-corrected chi connectivity index (χ2v) is 4.55. The topological polar surface area (TPSA) is 50.8 Å². The lowest BCUT2D eigenvalue weighted by molar-refractivity contribution is 0.199. The van der Waals surface area contributed by atoms with Crippen molar-refractivity contribution in [1.29, 1.82) is 5.26 Å². The number of hydrogen-bond donors (Lipinski definition) is 0. The number of hydrogen-bond acceptors (Lipinski definition) is 3. The summed E-state index contributed by atoms with van der Waals surface area (Å²) >= 11 is 0. The Morgan fingerprint density at radius 2 is 2.22 bits per heavy atom. The van der Waals surface area contributed by atoms with Gasteiger partial charge < -0.3 is 9.30 Å². The molecule has 1 aromatic carbocycles. The largest absolute Gasteiger partial charge is 0.384 e. The van der Waals surface area contributed by atoms with E-state index in [4.69, 9.17) is 10.00 Å². The molecule has 2 aromatic rings. The van der Waals surface area contributed by atoms with Crippen LogP contribution in [0.3, 0.4) is 0 Å². The molecule has 0 spiro atoms. The SMILES string of the molecule is COCCc1nc2cc(C#N)ccc2n1C(C)C. The third-order valence-electron chi connectivity index (χ3n) is 2.94. The van der Waals surface area contributed by atoms with Gasteiger partial charge in [0.25, 0.3) is 0 Å². The Balaban J connectivity index is 2.56. The molecule has 1 heterocycles. The van der Waals surface area contributed by atoms with Crippen LogP contribution >= 0.6 is 0 Å². The first-order valence-electron chi connectivity index (χ1n) is 6.07. The lowest BCUT2D eigenvalue weighted by Crippen LogP contribution is -2.08. The Morgan fingerprint density at radius 3 is 2.83 bits per heavy atom. The van der Waals surface area contributed by atoms with Crippen molar-refractivity contribution in [1.82, 2.24) is 9.55 Å². The molecule has 0 atom stereocenters. The maximum Gasteiger partial charge on any atom is 0.112 e. The fourth-order valence-corrected chi connectivity index (χ4v) is 2.16. The predicted molar refractivity (Wildman–Crippen MR) is 70.4 cm³/mol. The number of nitriles is 1. The van der Waals surface area contributed by atoms with Gasteiger partial charge >= 0.3 is 0 Å². The zero-order valence-electron chi connectivity index (χ0n) is 11.0. The minimum absolute atomic E-state index is 0.342. The quantitative estimate of drug-likeness (QED) is 0.829. The number of rotatable bonds is 4. The number of methoxy groups -OCH3 is 1. The van der Waals surface area contributed by atoms with Crippen LogP contribution in [0.5, 0.6) is 0 Å². The molecule has 0 aliphatic rings. The van der Waals surface area contributed by atoms with Gasteiger partial charge in [-0.2, -0.15) is 5.26 Å². The Hall–Kier alpha value is -1.86. The summed E-state index contributed by atoms with van der Waals surface area (Å²) in [5.74, 6) is 1.01. The highest BCUT2D eigenvalue weighted by molar-refractivity contribution is 5.78. The molecular formula is C14H17N3O. The van der Waals surface area contributed by atoms with Gasteiger partial charge in [-0.1, -0.05) is 0 Å². The monoisotopic (exact) mass is 243 g/mol. The second-order valence-electron chi connectivity index (χ2n) is 4.55. The predicted octanol–water partition coefficient (Wildman–Crippen LogP) is 2.68. The van der Waals surface area contributed by atoms with Crippen molar-refractivity contribution in [3.05, 3.63) is 29.6 Å². The first-order valence-corrected chi connectivity index (χ1v) is 6.07. The summed E-state index contributed by atoms with van der Waals surface area (Å²) < 4.78 is 7.32.